The molecule has 0 aliphatic carbocycles. The van der Waals surface area contributed by atoms with Crippen LogP contribution in [0.15, 0.2) is 41.4 Å². The van der Waals surface area contributed by atoms with Crippen molar-refractivity contribution in [2.45, 2.75) is 19.8 Å². The Morgan fingerprint density at radius 2 is 1.84 bits per heavy atom. The smallest absolute Gasteiger partial charge is 0.135 e. The molecule has 2 aromatic carbocycles. The van der Waals surface area contributed by atoms with Crippen LogP contribution in [0.25, 0.3) is 10.8 Å². The molecule has 1 aliphatic heterocycles. The number of anilines is 1. The number of unbranched alkanes of at least 4 members (excludes halogenated alkanes) is 1. The molecule has 100 valence electrons. The van der Waals surface area contributed by atoms with Gasteiger partial charge in [-0.05, 0) is 17.9 Å². The highest BCUT2D eigenvalue weighted by molar-refractivity contribution is 6.26. The van der Waals surface area contributed by atoms with Crippen LogP contribution in [0.4, 0.5) is 5.69 Å². The topological polar surface area (TPSA) is 15.6 Å². The summed E-state index contributed by atoms with van der Waals surface area (Å²) in [7, 11) is 2.11. The molecule has 2 aromatic rings. The molecule has 0 aromatic heterocycles. The number of hydrogen-bond acceptors (Lipinski definition) is 1. The molecule has 0 amide bonds. The lowest BCUT2D eigenvalue weighted by Crippen LogP contribution is -2.22. The highest BCUT2D eigenvalue weighted by Gasteiger charge is 2.24. The second-order valence-electron chi connectivity index (χ2n) is 4.80. The highest BCUT2D eigenvalue weighted by atomic mass is 35.5. The van der Waals surface area contributed by atoms with Crippen LogP contribution in [0.3, 0.4) is 0 Å². The summed E-state index contributed by atoms with van der Waals surface area (Å²) in [6, 6.07) is 12.9. The molecule has 0 unspecified atom stereocenters. The molecule has 0 spiro atoms. The normalized spacial score (nSPS) is 15.1. The minimum absolute atomic E-state index is 0. The molecular formula is C16H19ClN2. The standard InChI is InChI=1S/C16H18N2.ClH/c1-3-4-11-17-16-13-9-5-7-12-8-6-10-14(15(12)13)18(16)2;/h5-10H,3-4,11H2,1-2H3;1H/b17-16-;. The van der Waals surface area contributed by atoms with E-state index in [1.165, 1.54) is 28.4 Å². The Balaban J connectivity index is 0.00000133. The third-order valence-corrected chi connectivity index (χ3v) is 3.58. The quantitative estimate of drug-likeness (QED) is 0.764. The Kier molecular flexibility index (Phi) is 4.11. The van der Waals surface area contributed by atoms with Gasteiger partial charge in [-0.15, -0.1) is 12.4 Å². The summed E-state index contributed by atoms with van der Waals surface area (Å²) in [6.45, 7) is 3.12. The van der Waals surface area contributed by atoms with Crippen molar-refractivity contribution >= 4 is 34.7 Å². The molecule has 0 N–H and O–H groups in total. The van der Waals surface area contributed by atoms with Gasteiger partial charge >= 0.3 is 0 Å². The maximum absolute atomic E-state index is 4.78. The van der Waals surface area contributed by atoms with E-state index in [1.807, 2.05) is 0 Å². The van der Waals surface area contributed by atoms with Crippen molar-refractivity contribution in [3.05, 3.63) is 42.0 Å². The van der Waals surface area contributed by atoms with E-state index in [1.54, 1.807) is 0 Å². The zero-order valence-corrected chi connectivity index (χ0v) is 12.2. The van der Waals surface area contributed by atoms with Crippen LogP contribution < -0.4 is 4.90 Å². The van der Waals surface area contributed by atoms with Gasteiger partial charge in [-0.2, -0.15) is 0 Å². The largest absolute Gasteiger partial charge is 0.329 e. The van der Waals surface area contributed by atoms with E-state index in [0.29, 0.717) is 0 Å². The highest BCUT2D eigenvalue weighted by Crippen LogP contribution is 2.36. The molecule has 2 nitrogen and oxygen atoms in total. The summed E-state index contributed by atoms with van der Waals surface area (Å²) in [5, 5.41) is 2.65. The molecule has 0 bridgehead atoms. The summed E-state index contributed by atoms with van der Waals surface area (Å²) in [5.74, 6) is 1.12. The second-order valence-corrected chi connectivity index (χ2v) is 4.80. The zero-order chi connectivity index (χ0) is 12.5. The number of hydrogen-bond donors (Lipinski definition) is 0. The molecule has 3 heteroatoms. The first-order valence-electron chi connectivity index (χ1n) is 6.63. The number of aliphatic imine (C=N–C) groups is 1. The fraction of sp³-hybridized carbons (Fsp3) is 0.312. The first-order valence-corrected chi connectivity index (χ1v) is 6.63. The van der Waals surface area contributed by atoms with Crippen molar-refractivity contribution in [1.82, 2.24) is 0 Å². The Bertz CT molecular complexity index is 614. The van der Waals surface area contributed by atoms with Crippen molar-refractivity contribution in [2.24, 2.45) is 4.99 Å². The van der Waals surface area contributed by atoms with E-state index in [2.05, 4.69) is 55.3 Å². The van der Waals surface area contributed by atoms with Crippen LogP contribution in [-0.2, 0) is 0 Å². The van der Waals surface area contributed by atoms with Crippen molar-refractivity contribution < 1.29 is 0 Å². The minimum atomic E-state index is 0. The van der Waals surface area contributed by atoms with Crippen LogP contribution in [-0.4, -0.2) is 19.4 Å². The monoisotopic (exact) mass is 274 g/mol. The lowest BCUT2D eigenvalue weighted by molar-refractivity contribution is 0.807. The molecule has 0 saturated heterocycles. The summed E-state index contributed by atoms with van der Waals surface area (Å²) in [4.78, 5) is 6.99. The summed E-state index contributed by atoms with van der Waals surface area (Å²) >= 11 is 0. The fourth-order valence-corrected chi connectivity index (χ4v) is 2.62. The molecule has 0 atom stereocenters. The van der Waals surface area contributed by atoms with Gasteiger partial charge in [0.1, 0.15) is 5.84 Å². The van der Waals surface area contributed by atoms with Crippen LogP contribution in [0.5, 0.6) is 0 Å². The maximum Gasteiger partial charge on any atom is 0.135 e. The van der Waals surface area contributed by atoms with Gasteiger partial charge in [0, 0.05) is 24.5 Å². The van der Waals surface area contributed by atoms with E-state index in [9.17, 15) is 0 Å². The van der Waals surface area contributed by atoms with Gasteiger partial charge in [-0.25, -0.2) is 0 Å². The van der Waals surface area contributed by atoms with Crippen LogP contribution >= 0.6 is 12.4 Å². The first kappa shape index (κ1) is 13.9. The molecule has 0 fully saturated rings. The van der Waals surface area contributed by atoms with Crippen LogP contribution in [0.2, 0.25) is 0 Å². The summed E-state index contributed by atoms with van der Waals surface area (Å²) in [5.41, 5.74) is 2.56. The SMILES string of the molecule is CCCC/N=C1/c2cccc3cccc(c23)N1C.Cl. The first-order chi connectivity index (χ1) is 8.83. The Hall–Kier alpha value is -1.54. The number of nitrogens with zero attached hydrogens (tertiary/aromatic N) is 2. The van der Waals surface area contributed by atoms with Gasteiger partial charge in [-0.3, -0.25) is 4.99 Å². The zero-order valence-electron chi connectivity index (χ0n) is 11.4. The average Bonchev–Trinajstić information content (AvgIpc) is 2.67. The molecule has 0 radical (unpaired) electrons. The van der Waals surface area contributed by atoms with E-state index in [0.717, 1.165) is 18.8 Å². The fourth-order valence-electron chi connectivity index (χ4n) is 2.62. The van der Waals surface area contributed by atoms with Crippen LogP contribution in [0.1, 0.15) is 25.3 Å². The third kappa shape index (κ3) is 2.21. The minimum Gasteiger partial charge on any atom is -0.329 e. The number of amidine groups is 1. The Morgan fingerprint density at radius 3 is 2.58 bits per heavy atom. The second kappa shape index (κ2) is 5.62. The van der Waals surface area contributed by atoms with Gasteiger partial charge in [0.2, 0.25) is 0 Å². The number of rotatable bonds is 3. The molecule has 1 aliphatic rings. The van der Waals surface area contributed by atoms with E-state index in [4.69, 9.17) is 4.99 Å². The predicted octanol–water partition coefficient (Wildman–Crippen LogP) is 4.26. The number of halogens is 1. The lowest BCUT2D eigenvalue weighted by Gasteiger charge is -2.14. The molecule has 3 rings (SSSR count). The lowest BCUT2D eigenvalue weighted by atomic mass is 10.1. The Morgan fingerprint density at radius 1 is 1.11 bits per heavy atom. The van der Waals surface area contributed by atoms with Crippen LogP contribution in [0, 0.1) is 0 Å². The Labute approximate surface area is 120 Å². The van der Waals surface area contributed by atoms with Gasteiger partial charge in [0.25, 0.3) is 0 Å². The van der Waals surface area contributed by atoms with Gasteiger partial charge in [0.05, 0.1) is 5.69 Å². The van der Waals surface area contributed by atoms with Gasteiger partial charge in [0.15, 0.2) is 0 Å². The van der Waals surface area contributed by atoms with Gasteiger partial charge in [-0.1, -0.05) is 43.7 Å². The van der Waals surface area contributed by atoms with Gasteiger partial charge < -0.3 is 4.90 Å². The third-order valence-electron chi connectivity index (χ3n) is 3.58. The summed E-state index contributed by atoms with van der Waals surface area (Å²) in [6.07, 6.45) is 2.35. The average molecular weight is 275 g/mol. The van der Waals surface area contributed by atoms with Crippen molar-refractivity contribution in [3.8, 4) is 0 Å². The molecule has 19 heavy (non-hydrogen) atoms. The van der Waals surface area contributed by atoms with E-state index in [-0.39, 0.29) is 12.4 Å². The molecule has 0 saturated carbocycles. The number of benzene rings is 2. The summed E-state index contributed by atoms with van der Waals surface area (Å²) < 4.78 is 0. The maximum atomic E-state index is 4.78. The van der Waals surface area contributed by atoms with Crippen molar-refractivity contribution in [3.63, 3.8) is 0 Å². The molecule has 1 heterocycles. The molecular weight excluding hydrogens is 256 g/mol. The predicted molar refractivity (Wildman–Crippen MR) is 85.9 cm³/mol. The van der Waals surface area contributed by atoms with Crippen molar-refractivity contribution in [2.75, 3.05) is 18.5 Å². The van der Waals surface area contributed by atoms with Crippen molar-refractivity contribution in [1.29, 1.82) is 0 Å². The van der Waals surface area contributed by atoms with E-state index >= 15 is 0 Å². The van der Waals surface area contributed by atoms with E-state index < -0.39 is 0 Å².